The van der Waals surface area contributed by atoms with Gasteiger partial charge in [-0.15, -0.1) is 11.3 Å². The zero-order valence-electron chi connectivity index (χ0n) is 7.23. The molecule has 0 atom stereocenters. The van der Waals surface area contributed by atoms with E-state index in [1.165, 1.54) is 11.3 Å². The molecular formula is C10H8O3S. The Labute approximate surface area is 84.2 Å². The van der Waals surface area contributed by atoms with Crippen LogP contribution in [0.3, 0.4) is 0 Å². The molecule has 0 amide bonds. The molecule has 4 heteroatoms. The van der Waals surface area contributed by atoms with E-state index in [1.54, 1.807) is 24.3 Å². The van der Waals surface area contributed by atoms with Crippen molar-refractivity contribution in [3.63, 3.8) is 0 Å². The van der Waals surface area contributed by atoms with E-state index in [0.717, 1.165) is 15.0 Å². The number of benzene rings is 1. The smallest absolute Gasteiger partial charge is 0.308 e. The van der Waals surface area contributed by atoms with Crippen LogP contribution in [0.1, 0.15) is 4.88 Å². The van der Waals surface area contributed by atoms with Gasteiger partial charge in [0.15, 0.2) is 0 Å². The van der Waals surface area contributed by atoms with E-state index in [2.05, 4.69) is 0 Å². The van der Waals surface area contributed by atoms with Gasteiger partial charge in [0.1, 0.15) is 5.75 Å². The molecule has 0 radical (unpaired) electrons. The largest absolute Gasteiger partial charge is 0.508 e. The first kappa shape index (κ1) is 9.02. The molecule has 0 fully saturated rings. The zero-order chi connectivity index (χ0) is 10.1. The Kier molecular flexibility index (Phi) is 2.13. The molecule has 0 aliphatic heterocycles. The van der Waals surface area contributed by atoms with E-state index in [-0.39, 0.29) is 12.2 Å². The SMILES string of the molecule is O=C(O)Cc1cc2cc(O)ccc2s1. The summed E-state index contributed by atoms with van der Waals surface area (Å²) in [5.74, 6) is -0.627. The fourth-order valence-corrected chi connectivity index (χ4v) is 2.36. The molecule has 1 aromatic heterocycles. The summed E-state index contributed by atoms with van der Waals surface area (Å²) in [6.07, 6.45) is 0.0418. The van der Waals surface area contributed by atoms with Gasteiger partial charge in [-0.2, -0.15) is 0 Å². The molecule has 1 heterocycles. The number of fused-ring (bicyclic) bond motifs is 1. The van der Waals surface area contributed by atoms with Crippen LogP contribution in [0.15, 0.2) is 24.3 Å². The Bertz CT molecular complexity index is 487. The lowest BCUT2D eigenvalue weighted by atomic mass is 10.2. The fraction of sp³-hybridized carbons (Fsp3) is 0.100. The van der Waals surface area contributed by atoms with Crippen molar-refractivity contribution in [3.8, 4) is 5.75 Å². The topological polar surface area (TPSA) is 57.5 Å². The first-order valence-corrected chi connectivity index (χ1v) is 4.90. The molecule has 0 saturated heterocycles. The van der Waals surface area contributed by atoms with Crippen molar-refractivity contribution in [2.24, 2.45) is 0 Å². The van der Waals surface area contributed by atoms with Crippen molar-refractivity contribution in [2.75, 3.05) is 0 Å². The molecule has 0 saturated carbocycles. The number of thiophene rings is 1. The third-order valence-corrected chi connectivity index (χ3v) is 2.99. The van der Waals surface area contributed by atoms with Crippen molar-refractivity contribution in [3.05, 3.63) is 29.1 Å². The molecule has 14 heavy (non-hydrogen) atoms. The highest BCUT2D eigenvalue weighted by molar-refractivity contribution is 7.19. The number of hydrogen-bond acceptors (Lipinski definition) is 3. The van der Waals surface area contributed by atoms with Gasteiger partial charge in [0.2, 0.25) is 0 Å². The highest BCUT2D eigenvalue weighted by Crippen LogP contribution is 2.28. The summed E-state index contributed by atoms with van der Waals surface area (Å²) in [6, 6.07) is 6.83. The van der Waals surface area contributed by atoms with E-state index < -0.39 is 5.97 Å². The van der Waals surface area contributed by atoms with Gasteiger partial charge < -0.3 is 10.2 Å². The van der Waals surface area contributed by atoms with Gasteiger partial charge in [0.05, 0.1) is 6.42 Å². The van der Waals surface area contributed by atoms with Crippen LogP contribution in [0, 0.1) is 0 Å². The van der Waals surface area contributed by atoms with Gasteiger partial charge in [-0.1, -0.05) is 0 Å². The van der Waals surface area contributed by atoms with Gasteiger partial charge in [-0.05, 0) is 29.7 Å². The van der Waals surface area contributed by atoms with Crippen LogP contribution < -0.4 is 0 Å². The summed E-state index contributed by atoms with van der Waals surface area (Å²) in [6.45, 7) is 0. The first-order valence-electron chi connectivity index (χ1n) is 4.08. The Morgan fingerprint density at radius 1 is 1.36 bits per heavy atom. The minimum Gasteiger partial charge on any atom is -0.508 e. The minimum atomic E-state index is -0.833. The molecule has 0 aliphatic rings. The highest BCUT2D eigenvalue weighted by Gasteiger charge is 2.05. The van der Waals surface area contributed by atoms with Crippen molar-refractivity contribution in [1.82, 2.24) is 0 Å². The summed E-state index contributed by atoms with van der Waals surface area (Å²) >= 11 is 1.44. The average molecular weight is 208 g/mol. The predicted molar refractivity (Wildman–Crippen MR) is 54.8 cm³/mol. The van der Waals surface area contributed by atoms with Crippen molar-refractivity contribution in [2.45, 2.75) is 6.42 Å². The van der Waals surface area contributed by atoms with Crippen LogP contribution in [-0.4, -0.2) is 16.2 Å². The summed E-state index contributed by atoms with van der Waals surface area (Å²) in [5.41, 5.74) is 0. The third kappa shape index (κ3) is 1.70. The maximum absolute atomic E-state index is 10.5. The van der Waals surface area contributed by atoms with Crippen molar-refractivity contribution in [1.29, 1.82) is 0 Å². The van der Waals surface area contributed by atoms with Crippen molar-refractivity contribution < 1.29 is 15.0 Å². The van der Waals surface area contributed by atoms with Gasteiger partial charge in [-0.25, -0.2) is 0 Å². The number of carbonyl (C=O) groups is 1. The van der Waals surface area contributed by atoms with E-state index in [9.17, 15) is 9.90 Å². The van der Waals surface area contributed by atoms with Gasteiger partial charge >= 0.3 is 5.97 Å². The van der Waals surface area contributed by atoms with Gasteiger partial charge in [0, 0.05) is 9.58 Å². The van der Waals surface area contributed by atoms with Crippen LogP contribution in [-0.2, 0) is 11.2 Å². The molecule has 2 rings (SSSR count). The molecular weight excluding hydrogens is 200 g/mol. The molecule has 0 unspecified atom stereocenters. The average Bonchev–Trinajstić information content (AvgIpc) is 2.44. The van der Waals surface area contributed by atoms with Crippen LogP contribution >= 0.6 is 11.3 Å². The van der Waals surface area contributed by atoms with Crippen LogP contribution in [0.2, 0.25) is 0 Å². The molecule has 0 spiro atoms. The number of phenolic OH excluding ortho intramolecular Hbond substituents is 1. The van der Waals surface area contributed by atoms with Gasteiger partial charge in [-0.3, -0.25) is 4.79 Å². The lowest BCUT2D eigenvalue weighted by Gasteiger charge is -1.89. The monoisotopic (exact) mass is 208 g/mol. The molecule has 72 valence electrons. The Hall–Kier alpha value is -1.55. The predicted octanol–water partition coefficient (Wildman–Crippen LogP) is 2.23. The molecule has 3 nitrogen and oxygen atoms in total. The van der Waals surface area contributed by atoms with Crippen molar-refractivity contribution >= 4 is 27.4 Å². The molecule has 2 aromatic rings. The number of aliphatic carboxylic acids is 1. The number of phenols is 1. The van der Waals surface area contributed by atoms with Gasteiger partial charge in [0.25, 0.3) is 0 Å². The summed E-state index contributed by atoms with van der Waals surface area (Å²) in [5, 5.41) is 18.7. The van der Waals surface area contributed by atoms with E-state index >= 15 is 0 Å². The van der Waals surface area contributed by atoms with E-state index in [1.807, 2.05) is 0 Å². The lowest BCUT2D eigenvalue weighted by Crippen LogP contribution is -1.96. The number of aromatic hydroxyl groups is 1. The molecule has 0 bridgehead atoms. The third-order valence-electron chi connectivity index (χ3n) is 1.88. The standard InChI is InChI=1S/C10H8O3S/c11-7-1-2-9-6(3-7)4-8(14-9)5-10(12)13/h1-4,11H,5H2,(H,12,13). The maximum Gasteiger partial charge on any atom is 0.308 e. The summed E-state index contributed by atoms with van der Waals surface area (Å²) in [7, 11) is 0. The lowest BCUT2D eigenvalue weighted by molar-refractivity contribution is -0.136. The normalized spacial score (nSPS) is 10.6. The Morgan fingerprint density at radius 3 is 2.86 bits per heavy atom. The number of carboxylic acid groups (broad SMARTS) is 1. The summed E-state index contributed by atoms with van der Waals surface area (Å²) < 4.78 is 0.999. The zero-order valence-corrected chi connectivity index (χ0v) is 8.04. The highest BCUT2D eigenvalue weighted by atomic mass is 32.1. The Balaban J connectivity index is 2.46. The summed E-state index contributed by atoms with van der Waals surface area (Å²) in [4.78, 5) is 11.3. The number of rotatable bonds is 2. The fourth-order valence-electron chi connectivity index (χ4n) is 1.32. The quantitative estimate of drug-likeness (QED) is 0.795. The molecule has 0 aliphatic carbocycles. The number of carboxylic acids is 1. The number of hydrogen-bond donors (Lipinski definition) is 2. The molecule has 1 aromatic carbocycles. The van der Waals surface area contributed by atoms with E-state index in [4.69, 9.17) is 5.11 Å². The second kappa shape index (κ2) is 3.31. The van der Waals surface area contributed by atoms with E-state index in [0.29, 0.717) is 0 Å². The maximum atomic E-state index is 10.5. The van der Waals surface area contributed by atoms with Crippen LogP contribution in [0.25, 0.3) is 10.1 Å². The molecule has 2 N–H and O–H groups in total. The van der Waals surface area contributed by atoms with Crippen LogP contribution in [0.4, 0.5) is 0 Å². The van der Waals surface area contributed by atoms with Crippen LogP contribution in [0.5, 0.6) is 5.75 Å². The Morgan fingerprint density at radius 2 is 2.14 bits per heavy atom. The second-order valence-corrected chi connectivity index (χ2v) is 4.17. The first-order chi connectivity index (χ1) is 6.65. The second-order valence-electron chi connectivity index (χ2n) is 3.01. The minimum absolute atomic E-state index is 0.0418.